The second kappa shape index (κ2) is 8.67. The summed E-state index contributed by atoms with van der Waals surface area (Å²) in [6, 6.07) is 13.3. The van der Waals surface area contributed by atoms with Crippen LogP contribution in [0, 0.1) is 5.82 Å². The van der Waals surface area contributed by atoms with Crippen LogP contribution in [-0.4, -0.2) is 18.4 Å². The molecule has 3 N–H and O–H groups in total. The van der Waals surface area contributed by atoms with Gasteiger partial charge in [-0.25, -0.2) is 4.39 Å². The van der Waals surface area contributed by atoms with Crippen molar-refractivity contribution in [3.63, 3.8) is 0 Å². The van der Waals surface area contributed by atoms with E-state index in [2.05, 4.69) is 16.0 Å². The highest BCUT2D eigenvalue weighted by Gasteiger charge is 2.02. The van der Waals surface area contributed by atoms with E-state index in [0.717, 1.165) is 11.3 Å². The molecule has 0 radical (unpaired) electrons. The Bertz CT molecular complexity index is 702. The molecule has 24 heavy (non-hydrogen) atoms. The van der Waals surface area contributed by atoms with E-state index in [4.69, 9.17) is 0 Å². The summed E-state index contributed by atoms with van der Waals surface area (Å²) in [4.78, 5) is 22.8. The van der Waals surface area contributed by atoms with Crippen molar-refractivity contribution in [2.75, 3.05) is 17.2 Å². The second-order valence-corrected chi connectivity index (χ2v) is 5.34. The van der Waals surface area contributed by atoms with Crippen LogP contribution in [0.4, 0.5) is 15.8 Å². The molecule has 0 unspecified atom stereocenters. The molecule has 2 amide bonds. The van der Waals surface area contributed by atoms with Gasteiger partial charge in [-0.05, 0) is 35.9 Å². The first kappa shape index (κ1) is 17.5. The van der Waals surface area contributed by atoms with Gasteiger partial charge in [0.2, 0.25) is 11.8 Å². The average Bonchev–Trinajstić information content (AvgIpc) is 2.54. The van der Waals surface area contributed by atoms with Crippen molar-refractivity contribution < 1.29 is 14.0 Å². The number of hydrogen-bond acceptors (Lipinski definition) is 3. The molecule has 0 aliphatic heterocycles. The van der Waals surface area contributed by atoms with E-state index in [1.54, 1.807) is 24.3 Å². The van der Waals surface area contributed by atoms with Crippen LogP contribution in [0.5, 0.6) is 0 Å². The molecule has 126 valence electrons. The largest absolute Gasteiger partial charge is 0.384 e. The van der Waals surface area contributed by atoms with Crippen LogP contribution in [0.25, 0.3) is 0 Å². The van der Waals surface area contributed by atoms with Gasteiger partial charge in [-0.15, -0.1) is 0 Å². The van der Waals surface area contributed by atoms with Crippen molar-refractivity contribution in [2.45, 2.75) is 19.9 Å². The topological polar surface area (TPSA) is 70.2 Å². The lowest BCUT2D eigenvalue weighted by Gasteiger charge is -2.09. The van der Waals surface area contributed by atoms with Crippen LogP contribution in [0.2, 0.25) is 0 Å². The summed E-state index contributed by atoms with van der Waals surface area (Å²) in [6.07, 6.45) is 0.311. The van der Waals surface area contributed by atoms with Gasteiger partial charge in [0.1, 0.15) is 5.82 Å². The van der Waals surface area contributed by atoms with E-state index in [1.807, 2.05) is 12.1 Å². The number of nitrogens with one attached hydrogen (secondary N) is 3. The van der Waals surface area contributed by atoms with E-state index >= 15 is 0 Å². The molecule has 0 saturated carbocycles. The first-order chi connectivity index (χ1) is 11.5. The molecule has 2 aromatic rings. The maximum Gasteiger partial charge on any atom is 0.222 e. The highest BCUT2D eigenvalue weighted by atomic mass is 19.1. The van der Waals surface area contributed by atoms with Crippen molar-refractivity contribution >= 4 is 23.2 Å². The monoisotopic (exact) mass is 329 g/mol. The number of anilines is 2. The summed E-state index contributed by atoms with van der Waals surface area (Å²) in [5.41, 5.74) is 2.38. The average molecular weight is 329 g/mol. The smallest absolute Gasteiger partial charge is 0.222 e. The van der Waals surface area contributed by atoms with E-state index in [0.29, 0.717) is 25.2 Å². The van der Waals surface area contributed by atoms with Crippen LogP contribution in [-0.2, 0) is 16.1 Å². The summed E-state index contributed by atoms with van der Waals surface area (Å²) in [5, 5.41) is 8.62. The number of rotatable bonds is 7. The Balaban J connectivity index is 1.72. The Morgan fingerprint density at radius 3 is 2.46 bits per heavy atom. The van der Waals surface area contributed by atoms with Crippen LogP contribution >= 0.6 is 0 Å². The number of hydrogen-bond donors (Lipinski definition) is 3. The summed E-state index contributed by atoms with van der Waals surface area (Å²) in [5.74, 6) is -0.520. The maximum absolute atomic E-state index is 12.8. The van der Waals surface area contributed by atoms with Gasteiger partial charge in [0.15, 0.2) is 0 Å². The van der Waals surface area contributed by atoms with Gasteiger partial charge in [-0.3, -0.25) is 9.59 Å². The van der Waals surface area contributed by atoms with Crippen molar-refractivity contribution in [3.05, 3.63) is 59.9 Å². The predicted octanol–water partition coefficient (Wildman–Crippen LogP) is 2.90. The Hall–Kier alpha value is -2.89. The second-order valence-electron chi connectivity index (χ2n) is 5.34. The number of benzene rings is 2. The molecule has 0 aromatic heterocycles. The molecular formula is C18H20FN3O2. The van der Waals surface area contributed by atoms with Gasteiger partial charge in [-0.2, -0.15) is 0 Å². The maximum atomic E-state index is 12.8. The first-order valence-electron chi connectivity index (χ1n) is 7.65. The predicted molar refractivity (Wildman–Crippen MR) is 92.1 cm³/mol. The fraction of sp³-hybridized carbons (Fsp3) is 0.222. The van der Waals surface area contributed by atoms with Gasteiger partial charge in [0, 0.05) is 37.8 Å². The fourth-order valence-electron chi connectivity index (χ4n) is 2.12. The SMILES string of the molecule is CC(=O)Nc1cccc(NCCC(=O)NCc2ccc(F)cc2)c1. The molecule has 6 heteroatoms. The van der Waals surface area contributed by atoms with E-state index in [9.17, 15) is 14.0 Å². The molecule has 0 atom stereocenters. The van der Waals surface area contributed by atoms with Crippen LogP contribution in [0.1, 0.15) is 18.9 Å². The zero-order valence-electron chi connectivity index (χ0n) is 13.4. The molecule has 5 nitrogen and oxygen atoms in total. The normalized spacial score (nSPS) is 10.1. The third kappa shape index (κ3) is 6.08. The summed E-state index contributed by atoms with van der Waals surface area (Å²) >= 11 is 0. The van der Waals surface area contributed by atoms with Crippen LogP contribution in [0.15, 0.2) is 48.5 Å². The third-order valence-corrected chi connectivity index (χ3v) is 3.27. The van der Waals surface area contributed by atoms with E-state index < -0.39 is 0 Å². The quantitative estimate of drug-likeness (QED) is 0.731. The van der Waals surface area contributed by atoms with Crippen LogP contribution < -0.4 is 16.0 Å². The lowest BCUT2D eigenvalue weighted by molar-refractivity contribution is -0.121. The molecule has 2 aromatic carbocycles. The fourth-order valence-corrected chi connectivity index (χ4v) is 2.12. The Labute approximate surface area is 140 Å². The van der Waals surface area contributed by atoms with Crippen molar-refractivity contribution in [2.24, 2.45) is 0 Å². The minimum absolute atomic E-state index is 0.0927. The van der Waals surface area contributed by atoms with Gasteiger partial charge >= 0.3 is 0 Å². The standard InChI is InChI=1S/C18H20FN3O2/c1-13(23)22-17-4-2-3-16(11-17)20-10-9-18(24)21-12-14-5-7-15(19)8-6-14/h2-8,11,20H,9-10,12H2,1H3,(H,21,24)(H,22,23). The number of carbonyl (C=O) groups is 2. The Morgan fingerprint density at radius 1 is 1.04 bits per heavy atom. The number of halogens is 1. The van der Waals surface area contributed by atoms with Gasteiger partial charge in [0.25, 0.3) is 0 Å². The van der Waals surface area contributed by atoms with E-state index in [-0.39, 0.29) is 17.6 Å². The molecule has 0 fully saturated rings. The molecular weight excluding hydrogens is 309 g/mol. The molecule has 0 saturated heterocycles. The minimum Gasteiger partial charge on any atom is -0.384 e. The minimum atomic E-state index is -0.296. The summed E-state index contributed by atoms with van der Waals surface area (Å²) in [7, 11) is 0. The Morgan fingerprint density at radius 2 is 1.75 bits per heavy atom. The summed E-state index contributed by atoms with van der Waals surface area (Å²) in [6.45, 7) is 2.29. The van der Waals surface area contributed by atoms with Gasteiger partial charge in [-0.1, -0.05) is 18.2 Å². The number of amides is 2. The van der Waals surface area contributed by atoms with Gasteiger partial charge in [0.05, 0.1) is 0 Å². The lowest BCUT2D eigenvalue weighted by atomic mass is 10.2. The zero-order chi connectivity index (χ0) is 17.4. The number of carbonyl (C=O) groups excluding carboxylic acids is 2. The first-order valence-corrected chi connectivity index (χ1v) is 7.65. The molecule has 0 aliphatic rings. The molecule has 0 spiro atoms. The summed E-state index contributed by atoms with van der Waals surface area (Å²) < 4.78 is 12.8. The highest BCUT2D eigenvalue weighted by Crippen LogP contribution is 2.14. The third-order valence-electron chi connectivity index (χ3n) is 3.27. The molecule has 0 bridgehead atoms. The highest BCUT2D eigenvalue weighted by molar-refractivity contribution is 5.89. The molecule has 0 aliphatic carbocycles. The van der Waals surface area contributed by atoms with Crippen LogP contribution in [0.3, 0.4) is 0 Å². The van der Waals surface area contributed by atoms with Crippen molar-refractivity contribution in [1.82, 2.24) is 5.32 Å². The van der Waals surface area contributed by atoms with Crippen molar-refractivity contribution in [3.8, 4) is 0 Å². The van der Waals surface area contributed by atoms with E-state index in [1.165, 1.54) is 19.1 Å². The van der Waals surface area contributed by atoms with Gasteiger partial charge < -0.3 is 16.0 Å². The Kier molecular flexibility index (Phi) is 6.31. The lowest BCUT2D eigenvalue weighted by Crippen LogP contribution is -2.24. The van der Waals surface area contributed by atoms with Crippen molar-refractivity contribution in [1.29, 1.82) is 0 Å². The molecule has 2 rings (SSSR count). The zero-order valence-corrected chi connectivity index (χ0v) is 13.4. The molecule has 0 heterocycles.